The van der Waals surface area contributed by atoms with Gasteiger partial charge in [-0.3, -0.25) is 14.4 Å². The Morgan fingerprint density at radius 3 is 2.28 bits per heavy atom. The highest BCUT2D eigenvalue weighted by atomic mass is 16.6. The number of carbonyl (C=O) groups excluding carboxylic acids is 4. The molecule has 0 unspecified atom stereocenters. The van der Waals surface area contributed by atoms with Gasteiger partial charge in [-0.15, -0.1) is 0 Å². The third kappa shape index (κ3) is 10.8. The van der Waals surface area contributed by atoms with Crippen molar-refractivity contribution in [2.75, 3.05) is 0 Å². The number of rotatable bonds is 13. The number of esters is 1. The molecule has 1 aromatic carbocycles. The quantitative estimate of drug-likeness (QED) is 0.204. The zero-order valence-corrected chi connectivity index (χ0v) is 28.2. The van der Waals surface area contributed by atoms with E-state index < -0.39 is 59.3 Å². The number of imidazole rings is 1. The maximum Gasteiger partial charge on any atom is 0.408 e. The zero-order valence-electron chi connectivity index (χ0n) is 28.2. The summed E-state index contributed by atoms with van der Waals surface area (Å²) in [6.45, 7) is 8.76. The summed E-state index contributed by atoms with van der Waals surface area (Å²) in [5, 5.41) is 20.1. The number of H-pyrrole nitrogens is 1. The van der Waals surface area contributed by atoms with E-state index in [9.17, 15) is 24.3 Å². The third-order valence-corrected chi connectivity index (χ3v) is 8.86. The lowest BCUT2D eigenvalue weighted by atomic mass is 9.81. The van der Waals surface area contributed by atoms with E-state index in [-0.39, 0.29) is 18.8 Å². The molecule has 1 saturated carbocycles. The highest BCUT2D eigenvalue weighted by molar-refractivity contribution is 5.91. The number of nitrogens with zero attached hydrogens (tertiary/aromatic N) is 1. The highest BCUT2D eigenvalue weighted by Gasteiger charge is 2.47. The molecule has 3 amide bonds. The Morgan fingerprint density at radius 1 is 1.02 bits per heavy atom. The molecule has 0 radical (unpaired) electrons. The summed E-state index contributed by atoms with van der Waals surface area (Å²) in [5.74, 6) is -1.17. The van der Waals surface area contributed by atoms with Crippen LogP contribution < -0.4 is 16.0 Å². The molecule has 0 spiro atoms. The van der Waals surface area contributed by atoms with Crippen LogP contribution in [0, 0.1) is 11.3 Å². The van der Waals surface area contributed by atoms with Crippen molar-refractivity contribution in [3.63, 3.8) is 0 Å². The van der Waals surface area contributed by atoms with Gasteiger partial charge in [-0.25, -0.2) is 9.78 Å². The molecule has 4 rings (SSSR count). The van der Waals surface area contributed by atoms with Crippen molar-refractivity contribution in [3.05, 3.63) is 54.1 Å². The number of amides is 3. The van der Waals surface area contributed by atoms with Gasteiger partial charge < -0.3 is 35.5 Å². The Kier molecular flexibility index (Phi) is 12.1. The van der Waals surface area contributed by atoms with Gasteiger partial charge in [0, 0.05) is 31.2 Å². The van der Waals surface area contributed by atoms with Crippen molar-refractivity contribution >= 4 is 23.9 Å². The Hall–Kier alpha value is -3.93. The van der Waals surface area contributed by atoms with Crippen molar-refractivity contribution in [2.45, 2.75) is 128 Å². The Morgan fingerprint density at radius 2 is 1.68 bits per heavy atom. The number of aliphatic hydroxyl groups is 1. The van der Waals surface area contributed by atoms with E-state index in [1.54, 1.807) is 40.8 Å². The number of nitrogens with one attached hydrogen (secondary N) is 4. The first-order valence-electron chi connectivity index (χ1n) is 16.7. The number of aromatic amines is 1. The molecule has 1 saturated heterocycles. The number of cyclic esters (lactones) is 1. The van der Waals surface area contributed by atoms with Crippen LogP contribution in [0.3, 0.4) is 0 Å². The highest BCUT2D eigenvalue weighted by Crippen LogP contribution is 2.36. The normalized spacial score (nSPS) is 20.7. The summed E-state index contributed by atoms with van der Waals surface area (Å²) in [5.41, 5.74) is -0.0985. The van der Waals surface area contributed by atoms with E-state index in [2.05, 4.69) is 25.9 Å². The first kappa shape index (κ1) is 35.9. The molecule has 258 valence electrons. The molecular weight excluding hydrogens is 602 g/mol. The molecule has 1 aliphatic heterocycles. The van der Waals surface area contributed by atoms with Gasteiger partial charge in [0.1, 0.15) is 29.9 Å². The molecular formula is C35H51N5O7. The maximum atomic E-state index is 14.1. The number of hydrogen-bond donors (Lipinski definition) is 5. The molecule has 47 heavy (non-hydrogen) atoms. The molecule has 0 bridgehead atoms. The molecule has 12 heteroatoms. The monoisotopic (exact) mass is 653 g/mol. The van der Waals surface area contributed by atoms with Crippen molar-refractivity contribution in [3.8, 4) is 0 Å². The van der Waals surface area contributed by atoms with Crippen LogP contribution in [-0.2, 0) is 36.7 Å². The lowest BCUT2D eigenvalue weighted by molar-refractivity contribution is -0.151. The van der Waals surface area contributed by atoms with Crippen LogP contribution >= 0.6 is 0 Å². The Balaban J connectivity index is 1.55. The number of carbonyl (C=O) groups is 4. The minimum absolute atomic E-state index is 0.0831. The molecule has 2 heterocycles. The number of hydrogen-bond acceptors (Lipinski definition) is 8. The molecule has 5 N–H and O–H groups in total. The Labute approximate surface area is 277 Å². The van der Waals surface area contributed by atoms with Gasteiger partial charge in [-0.05, 0) is 52.5 Å². The van der Waals surface area contributed by atoms with Crippen LogP contribution in [0.15, 0.2) is 42.9 Å². The summed E-state index contributed by atoms with van der Waals surface area (Å²) >= 11 is 0. The molecule has 1 aliphatic carbocycles. The molecule has 2 aromatic rings. The first-order valence-corrected chi connectivity index (χ1v) is 16.7. The van der Waals surface area contributed by atoms with Crippen LogP contribution in [0.5, 0.6) is 0 Å². The average Bonchev–Trinajstić information content (AvgIpc) is 3.62. The van der Waals surface area contributed by atoms with Crippen molar-refractivity contribution in [1.82, 2.24) is 25.9 Å². The SMILES string of the molecule is CC(C)(C)OC(=O)N[C@@H](Cc1ccccc1)C(=O)N[C@@H](Cc1cnc[nH]1)C(=O)N[C@@H](CC1CCCCC1)[C@@H](O)[C@@H]1CC(C)(C)C(=O)O1. The van der Waals surface area contributed by atoms with E-state index in [0.717, 1.165) is 37.7 Å². The van der Waals surface area contributed by atoms with Crippen molar-refractivity contribution in [1.29, 1.82) is 0 Å². The molecule has 1 aromatic heterocycles. The van der Waals surface area contributed by atoms with Crippen molar-refractivity contribution in [2.24, 2.45) is 11.3 Å². The topological polar surface area (TPSA) is 172 Å². The van der Waals surface area contributed by atoms with Gasteiger partial charge in [0.05, 0.1) is 17.8 Å². The Bertz CT molecular complexity index is 1340. The lowest BCUT2D eigenvalue weighted by Gasteiger charge is -2.33. The molecule has 5 atom stereocenters. The predicted molar refractivity (Wildman–Crippen MR) is 175 cm³/mol. The predicted octanol–water partition coefficient (Wildman–Crippen LogP) is 3.73. The summed E-state index contributed by atoms with van der Waals surface area (Å²) in [6, 6.07) is 6.40. The fourth-order valence-electron chi connectivity index (χ4n) is 6.33. The largest absolute Gasteiger partial charge is 0.459 e. The standard InChI is InChI=1S/C35H51N5O7/c1-34(2,3)47-33(45)40-26(17-23-14-10-7-11-15-23)30(42)39-27(18-24-20-36-21-37-24)31(43)38-25(16-22-12-8-6-9-13-22)29(41)28-19-35(4,5)32(44)46-28/h7,10-11,14-15,20-22,25-29,41H,6,8-9,12-13,16-19H2,1-5H3,(H,36,37)(H,38,43)(H,39,42)(H,40,45)/t25-,26-,27-,28-,29+/m0/s1. The number of alkyl carbamates (subject to hydrolysis) is 1. The van der Waals surface area contributed by atoms with E-state index >= 15 is 0 Å². The number of aliphatic hydroxyl groups excluding tert-OH is 1. The van der Waals surface area contributed by atoms with E-state index in [0.29, 0.717) is 24.5 Å². The van der Waals surface area contributed by atoms with Crippen LogP contribution in [0.2, 0.25) is 0 Å². The second-order valence-electron chi connectivity index (χ2n) is 14.6. The smallest absolute Gasteiger partial charge is 0.408 e. The zero-order chi connectivity index (χ0) is 34.2. The second kappa shape index (κ2) is 15.8. The van der Waals surface area contributed by atoms with Gasteiger partial charge >= 0.3 is 12.1 Å². The summed E-state index contributed by atoms with van der Waals surface area (Å²) < 4.78 is 11.0. The van der Waals surface area contributed by atoms with Gasteiger partial charge in [0.15, 0.2) is 0 Å². The first-order chi connectivity index (χ1) is 22.2. The van der Waals surface area contributed by atoms with Gasteiger partial charge in [0.25, 0.3) is 0 Å². The fourth-order valence-corrected chi connectivity index (χ4v) is 6.33. The van der Waals surface area contributed by atoms with E-state index in [4.69, 9.17) is 9.47 Å². The third-order valence-electron chi connectivity index (χ3n) is 8.86. The molecule has 2 aliphatic rings. The van der Waals surface area contributed by atoms with Crippen LogP contribution in [0.4, 0.5) is 4.79 Å². The second-order valence-corrected chi connectivity index (χ2v) is 14.6. The molecule has 2 fully saturated rings. The average molecular weight is 654 g/mol. The van der Waals surface area contributed by atoms with Crippen molar-refractivity contribution < 1.29 is 33.8 Å². The van der Waals surface area contributed by atoms with Gasteiger partial charge in [-0.1, -0.05) is 62.4 Å². The minimum Gasteiger partial charge on any atom is -0.459 e. The summed E-state index contributed by atoms with van der Waals surface area (Å²) in [6.07, 6.45) is 6.79. The maximum absolute atomic E-state index is 14.1. The van der Waals surface area contributed by atoms with Gasteiger partial charge in [0.2, 0.25) is 11.8 Å². The number of benzene rings is 1. The van der Waals surface area contributed by atoms with Crippen LogP contribution in [-0.4, -0.2) is 74.9 Å². The lowest BCUT2D eigenvalue weighted by Crippen LogP contribution is -2.58. The summed E-state index contributed by atoms with van der Waals surface area (Å²) in [7, 11) is 0. The summed E-state index contributed by atoms with van der Waals surface area (Å²) in [4.78, 5) is 60.2. The minimum atomic E-state index is -1.13. The molecule has 12 nitrogen and oxygen atoms in total. The van der Waals surface area contributed by atoms with Crippen LogP contribution in [0.25, 0.3) is 0 Å². The number of aromatic nitrogens is 2. The van der Waals surface area contributed by atoms with Gasteiger partial charge in [-0.2, -0.15) is 0 Å². The fraction of sp³-hybridized carbons (Fsp3) is 0.629. The van der Waals surface area contributed by atoms with E-state index in [1.165, 1.54) is 6.33 Å². The van der Waals surface area contributed by atoms with Crippen LogP contribution in [0.1, 0.15) is 90.8 Å². The number of ether oxygens (including phenoxy) is 2. The van der Waals surface area contributed by atoms with E-state index in [1.807, 2.05) is 30.3 Å².